The minimum atomic E-state index is -0.295. The molecular formula is C7H8O2S2. The van der Waals surface area contributed by atoms with E-state index in [4.69, 9.17) is 9.11 Å². The lowest BCUT2D eigenvalue weighted by molar-refractivity contribution is 0.647. The Bertz CT molecular complexity index is 199. The smallest absolute Gasteiger partial charge is 0.127 e. The van der Waals surface area contributed by atoms with Crippen LogP contribution in [0.2, 0.25) is 0 Å². The standard InChI is InChI=1S/C7H8O2S2/c8-10-7(11-9)6-4-2-1-3-5-6/h1-5,7-9H. The van der Waals surface area contributed by atoms with Crippen LogP contribution in [-0.4, -0.2) is 9.11 Å². The van der Waals surface area contributed by atoms with Gasteiger partial charge in [-0.3, -0.25) is 0 Å². The second-order valence-electron chi connectivity index (χ2n) is 1.95. The molecule has 0 spiro atoms. The van der Waals surface area contributed by atoms with Crippen molar-refractivity contribution in [2.45, 2.75) is 4.58 Å². The van der Waals surface area contributed by atoms with Crippen LogP contribution < -0.4 is 0 Å². The Balaban J connectivity index is 2.74. The van der Waals surface area contributed by atoms with E-state index in [0.717, 1.165) is 5.56 Å². The molecule has 60 valence electrons. The van der Waals surface area contributed by atoms with Crippen molar-refractivity contribution in [2.75, 3.05) is 0 Å². The van der Waals surface area contributed by atoms with Crippen LogP contribution in [0.3, 0.4) is 0 Å². The third-order valence-electron chi connectivity index (χ3n) is 1.26. The van der Waals surface area contributed by atoms with Crippen LogP contribution in [0.1, 0.15) is 10.1 Å². The van der Waals surface area contributed by atoms with E-state index >= 15 is 0 Å². The highest BCUT2D eigenvalue weighted by molar-refractivity contribution is 8.11. The van der Waals surface area contributed by atoms with E-state index in [9.17, 15) is 0 Å². The molecule has 1 rings (SSSR count). The highest BCUT2D eigenvalue weighted by atomic mass is 32.2. The molecule has 1 aromatic rings. The molecule has 0 unspecified atom stereocenters. The van der Waals surface area contributed by atoms with Crippen molar-refractivity contribution in [1.82, 2.24) is 0 Å². The predicted molar refractivity (Wildman–Crippen MR) is 49.6 cm³/mol. The Hall–Kier alpha value is -0.160. The molecular weight excluding hydrogens is 180 g/mol. The van der Waals surface area contributed by atoms with Gasteiger partial charge in [-0.15, -0.1) is 0 Å². The van der Waals surface area contributed by atoms with Crippen LogP contribution in [0, 0.1) is 0 Å². The fraction of sp³-hybridized carbons (Fsp3) is 0.143. The first-order valence-electron chi connectivity index (χ1n) is 3.04. The van der Waals surface area contributed by atoms with Gasteiger partial charge in [-0.1, -0.05) is 30.3 Å². The monoisotopic (exact) mass is 188 g/mol. The van der Waals surface area contributed by atoms with Gasteiger partial charge in [0.2, 0.25) is 0 Å². The zero-order valence-electron chi connectivity index (χ0n) is 5.68. The Kier molecular flexibility index (Phi) is 3.79. The summed E-state index contributed by atoms with van der Waals surface area (Å²) in [5.41, 5.74) is 0.910. The lowest BCUT2D eigenvalue weighted by Crippen LogP contribution is -1.85. The Morgan fingerprint density at radius 3 is 2.00 bits per heavy atom. The van der Waals surface area contributed by atoms with Crippen molar-refractivity contribution in [3.8, 4) is 0 Å². The minimum Gasteiger partial charge on any atom is -0.329 e. The van der Waals surface area contributed by atoms with Crippen molar-refractivity contribution in [3.05, 3.63) is 35.9 Å². The highest BCUT2D eigenvalue weighted by Crippen LogP contribution is 2.34. The second kappa shape index (κ2) is 4.66. The first-order valence-corrected chi connectivity index (χ1v) is 4.71. The van der Waals surface area contributed by atoms with Gasteiger partial charge < -0.3 is 9.11 Å². The topological polar surface area (TPSA) is 40.5 Å². The molecule has 0 saturated carbocycles. The van der Waals surface area contributed by atoms with E-state index in [2.05, 4.69) is 0 Å². The van der Waals surface area contributed by atoms with E-state index in [1.54, 1.807) is 0 Å². The first-order chi connectivity index (χ1) is 5.38. The maximum Gasteiger partial charge on any atom is 0.127 e. The van der Waals surface area contributed by atoms with Gasteiger partial charge in [0.1, 0.15) is 4.58 Å². The third kappa shape index (κ3) is 2.41. The summed E-state index contributed by atoms with van der Waals surface area (Å²) in [5, 5.41) is 0. The molecule has 1 aromatic carbocycles. The summed E-state index contributed by atoms with van der Waals surface area (Å²) in [6.07, 6.45) is 0. The fourth-order valence-corrected chi connectivity index (χ4v) is 1.46. The number of rotatable bonds is 3. The van der Waals surface area contributed by atoms with Crippen molar-refractivity contribution in [2.24, 2.45) is 0 Å². The maximum atomic E-state index is 8.72. The van der Waals surface area contributed by atoms with Crippen molar-refractivity contribution in [3.63, 3.8) is 0 Å². The van der Waals surface area contributed by atoms with E-state index in [1.807, 2.05) is 30.3 Å². The van der Waals surface area contributed by atoms with Crippen molar-refractivity contribution in [1.29, 1.82) is 0 Å². The molecule has 2 nitrogen and oxygen atoms in total. The molecule has 0 bridgehead atoms. The zero-order valence-corrected chi connectivity index (χ0v) is 7.31. The maximum absolute atomic E-state index is 8.72. The second-order valence-corrected chi connectivity index (χ2v) is 3.62. The first kappa shape index (κ1) is 8.93. The van der Waals surface area contributed by atoms with Gasteiger partial charge in [0.25, 0.3) is 0 Å². The van der Waals surface area contributed by atoms with Gasteiger partial charge in [0.15, 0.2) is 0 Å². The highest BCUT2D eigenvalue weighted by Gasteiger charge is 2.09. The van der Waals surface area contributed by atoms with Gasteiger partial charge >= 0.3 is 0 Å². The summed E-state index contributed by atoms with van der Waals surface area (Å²) in [6, 6.07) is 9.35. The Morgan fingerprint density at radius 1 is 1.00 bits per heavy atom. The van der Waals surface area contributed by atoms with Crippen LogP contribution >= 0.6 is 24.1 Å². The molecule has 0 aliphatic rings. The number of benzene rings is 1. The largest absolute Gasteiger partial charge is 0.329 e. The summed E-state index contributed by atoms with van der Waals surface area (Å²) < 4.78 is 17.1. The molecule has 2 N–H and O–H groups in total. The van der Waals surface area contributed by atoms with Crippen LogP contribution in [0.5, 0.6) is 0 Å². The molecule has 0 saturated heterocycles. The summed E-state index contributed by atoms with van der Waals surface area (Å²) in [4.78, 5) is 0. The quantitative estimate of drug-likeness (QED) is 0.565. The van der Waals surface area contributed by atoms with Crippen molar-refractivity contribution >= 4 is 24.1 Å². The summed E-state index contributed by atoms with van der Waals surface area (Å²) in [5.74, 6) is 0. The molecule has 0 fully saturated rings. The number of hydrogen-bond donors (Lipinski definition) is 2. The molecule has 4 heteroatoms. The normalized spacial score (nSPS) is 10.5. The van der Waals surface area contributed by atoms with Crippen LogP contribution in [0.4, 0.5) is 0 Å². The van der Waals surface area contributed by atoms with Gasteiger partial charge in [-0.2, -0.15) is 0 Å². The van der Waals surface area contributed by atoms with Gasteiger partial charge in [-0.05, 0) is 5.56 Å². The predicted octanol–water partition coefficient (Wildman–Crippen LogP) is 3.10. The minimum absolute atomic E-state index is 0.295. The van der Waals surface area contributed by atoms with Gasteiger partial charge in [0, 0.05) is 24.1 Å². The molecule has 0 atom stereocenters. The average Bonchev–Trinajstić information content (AvgIpc) is 2.09. The van der Waals surface area contributed by atoms with Gasteiger partial charge in [-0.25, -0.2) is 0 Å². The van der Waals surface area contributed by atoms with Gasteiger partial charge in [0.05, 0.1) is 0 Å². The molecule has 0 aliphatic carbocycles. The zero-order chi connectivity index (χ0) is 8.10. The van der Waals surface area contributed by atoms with E-state index < -0.39 is 0 Å². The Labute approximate surface area is 74.0 Å². The Morgan fingerprint density at radius 2 is 1.55 bits per heavy atom. The molecule has 0 aliphatic heterocycles. The molecule has 0 amide bonds. The van der Waals surface area contributed by atoms with E-state index in [0.29, 0.717) is 24.1 Å². The van der Waals surface area contributed by atoms with Crippen LogP contribution in [0.15, 0.2) is 30.3 Å². The fourth-order valence-electron chi connectivity index (χ4n) is 0.751. The third-order valence-corrected chi connectivity index (χ3v) is 2.71. The summed E-state index contributed by atoms with van der Waals surface area (Å²) >= 11 is 1.27. The van der Waals surface area contributed by atoms with E-state index in [1.165, 1.54) is 0 Å². The molecule has 0 radical (unpaired) electrons. The van der Waals surface area contributed by atoms with Crippen LogP contribution in [-0.2, 0) is 0 Å². The summed E-state index contributed by atoms with van der Waals surface area (Å²) in [7, 11) is 0. The van der Waals surface area contributed by atoms with Crippen molar-refractivity contribution < 1.29 is 9.11 Å². The molecule has 0 aromatic heterocycles. The molecule has 0 heterocycles. The lowest BCUT2D eigenvalue weighted by atomic mass is 10.2. The lowest BCUT2D eigenvalue weighted by Gasteiger charge is -2.06. The van der Waals surface area contributed by atoms with Crippen LogP contribution in [0.25, 0.3) is 0 Å². The summed E-state index contributed by atoms with van der Waals surface area (Å²) in [6.45, 7) is 0. The number of hydrogen-bond acceptors (Lipinski definition) is 4. The SMILES string of the molecule is OSC(SO)c1ccccc1. The molecule has 11 heavy (non-hydrogen) atoms. The average molecular weight is 188 g/mol. The van der Waals surface area contributed by atoms with E-state index in [-0.39, 0.29) is 4.58 Å².